The molecular weight excluding hydrogens is 453 g/mol. The van der Waals surface area contributed by atoms with E-state index < -0.39 is 29.3 Å². The first-order valence-electron chi connectivity index (χ1n) is 10.9. The van der Waals surface area contributed by atoms with Gasteiger partial charge >= 0.3 is 0 Å². The van der Waals surface area contributed by atoms with Gasteiger partial charge in [-0.05, 0) is 66.1 Å². The number of hydrogen-bond acceptors (Lipinski definition) is 6. The average molecular weight is 477 g/mol. The van der Waals surface area contributed by atoms with Crippen molar-refractivity contribution >= 4 is 17.4 Å². The number of methoxy groups -OCH3 is 2. The second-order valence-electron chi connectivity index (χ2n) is 8.03. The number of likely N-dealkylation sites (tertiary alicyclic amines) is 1. The first kappa shape index (κ1) is 23.8. The summed E-state index contributed by atoms with van der Waals surface area (Å²) in [5.41, 5.74) is 1.51. The number of aliphatic hydroxyl groups excluding tert-OH is 1. The fourth-order valence-corrected chi connectivity index (χ4v) is 4.16. The maximum absolute atomic E-state index is 13.4. The second-order valence-corrected chi connectivity index (χ2v) is 8.03. The second kappa shape index (κ2) is 9.89. The lowest BCUT2D eigenvalue weighted by atomic mass is 9.95. The van der Waals surface area contributed by atoms with Crippen molar-refractivity contribution in [3.63, 3.8) is 0 Å². The number of halogens is 1. The lowest BCUT2D eigenvalue weighted by molar-refractivity contribution is -0.139. The van der Waals surface area contributed by atoms with Crippen LogP contribution in [-0.2, 0) is 16.0 Å². The zero-order valence-electron chi connectivity index (χ0n) is 19.2. The number of aliphatic hydroxyl groups is 1. The Kier molecular flexibility index (Phi) is 6.73. The molecule has 1 atom stereocenters. The van der Waals surface area contributed by atoms with Crippen LogP contribution in [0.1, 0.15) is 22.7 Å². The van der Waals surface area contributed by atoms with Crippen LogP contribution in [0, 0.1) is 5.82 Å². The van der Waals surface area contributed by atoms with Crippen molar-refractivity contribution in [2.45, 2.75) is 12.5 Å². The molecule has 180 valence electrons. The summed E-state index contributed by atoms with van der Waals surface area (Å²) in [6.07, 6.45) is 0.401. The van der Waals surface area contributed by atoms with E-state index in [1.54, 1.807) is 24.3 Å². The third kappa shape index (κ3) is 4.68. The van der Waals surface area contributed by atoms with Gasteiger partial charge in [-0.15, -0.1) is 0 Å². The SMILES string of the molecule is COc1ccc(CCN2C(=O)C(=O)C(=C(O)c3ccc(F)cc3)[C@@H]2c2ccc(O)cc2)cc1OC. The highest BCUT2D eigenvalue weighted by Gasteiger charge is 2.45. The normalized spacial score (nSPS) is 17.0. The summed E-state index contributed by atoms with van der Waals surface area (Å²) in [5.74, 6) is -1.35. The summed E-state index contributed by atoms with van der Waals surface area (Å²) in [6, 6.07) is 15.6. The number of benzene rings is 3. The summed E-state index contributed by atoms with van der Waals surface area (Å²) < 4.78 is 24.0. The van der Waals surface area contributed by atoms with Gasteiger partial charge in [-0.3, -0.25) is 9.59 Å². The molecule has 1 amide bonds. The predicted octanol–water partition coefficient (Wildman–Crippen LogP) is 4.21. The quantitative estimate of drug-likeness (QED) is 0.301. The van der Waals surface area contributed by atoms with Crippen molar-refractivity contribution in [2.75, 3.05) is 20.8 Å². The Labute approximate surface area is 201 Å². The van der Waals surface area contributed by atoms with Gasteiger partial charge in [-0.1, -0.05) is 18.2 Å². The molecular formula is C27H24FNO6. The molecule has 0 saturated carbocycles. The van der Waals surface area contributed by atoms with E-state index in [0.717, 1.165) is 17.7 Å². The first-order chi connectivity index (χ1) is 16.8. The van der Waals surface area contributed by atoms with E-state index in [1.165, 1.54) is 43.4 Å². The Balaban J connectivity index is 1.73. The number of Topliss-reactive ketones (excluding diaryl/α,β-unsaturated/α-hetero) is 1. The van der Waals surface area contributed by atoms with Gasteiger partial charge in [0, 0.05) is 12.1 Å². The van der Waals surface area contributed by atoms with E-state index in [4.69, 9.17) is 9.47 Å². The summed E-state index contributed by atoms with van der Waals surface area (Å²) in [7, 11) is 3.07. The maximum atomic E-state index is 13.4. The number of hydrogen-bond donors (Lipinski definition) is 2. The molecule has 1 fully saturated rings. The molecule has 1 heterocycles. The molecule has 0 aromatic heterocycles. The van der Waals surface area contributed by atoms with Crippen LogP contribution in [0.3, 0.4) is 0 Å². The lowest BCUT2D eigenvalue weighted by Gasteiger charge is -2.25. The molecule has 0 spiro atoms. The number of ether oxygens (including phenoxy) is 2. The number of phenols is 1. The van der Waals surface area contributed by atoms with Crippen LogP contribution in [0.5, 0.6) is 17.2 Å². The van der Waals surface area contributed by atoms with Gasteiger partial charge in [0.25, 0.3) is 11.7 Å². The van der Waals surface area contributed by atoms with E-state index >= 15 is 0 Å². The number of carbonyl (C=O) groups is 2. The minimum absolute atomic E-state index is 0.0227. The molecule has 1 saturated heterocycles. The van der Waals surface area contributed by atoms with Gasteiger partial charge in [0.15, 0.2) is 11.5 Å². The number of nitrogens with zero attached hydrogens (tertiary/aromatic N) is 1. The van der Waals surface area contributed by atoms with Gasteiger partial charge in [-0.25, -0.2) is 4.39 Å². The van der Waals surface area contributed by atoms with Crippen LogP contribution in [0.25, 0.3) is 5.76 Å². The molecule has 4 rings (SSSR count). The van der Waals surface area contributed by atoms with Crippen molar-refractivity contribution in [1.29, 1.82) is 0 Å². The van der Waals surface area contributed by atoms with Crippen molar-refractivity contribution in [3.8, 4) is 17.2 Å². The predicted molar refractivity (Wildman–Crippen MR) is 127 cm³/mol. The van der Waals surface area contributed by atoms with Crippen LogP contribution in [0.15, 0.2) is 72.3 Å². The fraction of sp³-hybridized carbons (Fsp3) is 0.185. The van der Waals surface area contributed by atoms with Crippen molar-refractivity contribution in [2.24, 2.45) is 0 Å². The monoisotopic (exact) mass is 477 g/mol. The fourth-order valence-electron chi connectivity index (χ4n) is 4.16. The summed E-state index contributed by atoms with van der Waals surface area (Å²) in [5, 5.41) is 20.7. The topological polar surface area (TPSA) is 96.3 Å². The molecule has 0 radical (unpaired) electrons. The van der Waals surface area contributed by atoms with Crippen molar-refractivity contribution in [3.05, 3.63) is 94.8 Å². The van der Waals surface area contributed by atoms with Gasteiger partial charge < -0.3 is 24.6 Å². The largest absolute Gasteiger partial charge is 0.508 e. The lowest BCUT2D eigenvalue weighted by Crippen LogP contribution is -2.31. The zero-order chi connectivity index (χ0) is 25.1. The van der Waals surface area contributed by atoms with Crippen molar-refractivity contribution < 1.29 is 33.7 Å². The zero-order valence-corrected chi connectivity index (χ0v) is 19.2. The highest BCUT2D eigenvalue weighted by atomic mass is 19.1. The van der Waals surface area contributed by atoms with Crippen LogP contribution < -0.4 is 9.47 Å². The third-order valence-corrected chi connectivity index (χ3v) is 5.96. The Bertz CT molecular complexity index is 1280. The Morgan fingerprint density at radius 3 is 2.23 bits per heavy atom. The van der Waals surface area contributed by atoms with Gasteiger partial charge in [-0.2, -0.15) is 0 Å². The molecule has 0 aliphatic carbocycles. The van der Waals surface area contributed by atoms with Crippen LogP contribution in [0.4, 0.5) is 4.39 Å². The Morgan fingerprint density at radius 1 is 0.943 bits per heavy atom. The first-order valence-corrected chi connectivity index (χ1v) is 10.9. The van der Waals surface area contributed by atoms with Gasteiger partial charge in [0.1, 0.15) is 17.3 Å². The third-order valence-electron chi connectivity index (χ3n) is 5.96. The number of ketones is 1. The summed E-state index contributed by atoms with van der Waals surface area (Å²) in [6.45, 7) is 0.172. The van der Waals surface area contributed by atoms with Gasteiger partial charge in [0.05, 0.1) is 25.8 Å². The number of carbonyl (C=O) groups excluding carboxylic acids is 2. The number of aromatic hydroxyl groups is 1. The molecule has 7 nitrogen and oxygen atoms in total. The van der Waals surface area contributed by atoms with Crippen LogP contribution in [-0.4, -0.2) is 47.6 Å². The molecule has 8 heteroatoms. The molecule has 0 unspecified atom stereocenters. The van der Waals surface area contributed by atoms with Crippen LogP contribution in [0.2, 0.25) is 0 Å². The van der Waals surface area contributed by atoms with Crippen LogP contribution >= 0.6 is 0 Å². The maximum Gasteiger partial charge on any atom is 0.295 e. The van der Waals surface area contributed by atoms with E-state index in [0.29, 0.717) is 23.5 Å². The number of rotatable bonds is 7. The summed E-state index contributed by atoms with van der Waals surface area (Å²) in [4.78, 5) is 27.5. The Morgan fingerprint density at radius 2 is 1.60 bits per heavy atom. The molecule has 1 aliphatic rings. The minimum Gasteiger partial charge on any atom is -0.508 e. The average Bonchev–Trinajstić information content (AvgIpc) is 3.12. The van der Waals surface area contributed by atoms with E-state index in [9.17, 15) is 24.2 Å². The van der Waals surface area contributed by atoms with Gasteiger partial charge in [0.2, 0.25) is 0 Å². The molecule has 3 aromatic carbocycles. The van der Waals surface area contributed by atoms with E-state index in [2.05, 4.69) is 0 Å². The Hall–Kier alpha value is -4.33. The molecule has 3 aromatic rings. The van der Waals surface area contributed by atoms with Crippen molar-refractivity contribution in [1.82, 2.24) is 4.90 Å². The minimum atomic E-state index is -0.888. The number of amides is 1. The molecule has 35 heavy (non-hydrogen) atoms. The van der Waals surface area contributed by atoms with E-state index in [-0.39, 0.29) is 23.4 Å². The molecule has 1 aliphatic heterocycles. The standard InChI is InChI=1S/C27H24FNO6/c1-34-21-12-3-16(15-22(21)35-2)13-14-29-24(17-6-10-20(30)11-7-17)23(26(32)27(29)33)25(31)18-4-8-19(28)9-5-18/h3-12,15,24,30-31H,13-14H2,1-2H3/t24-/m0/s1. The summed E-state index contributed by atoms with van der Waals surface area (Å²) >= 11 is 0. The highest BCUT2D eigenvalue weighted by Crippen LogP contribution is 2.40. The molecule has 0 bridgehead atoms. The molecule has 2 N–H and O–H groups in total. The smallest absolute Gasteiger partial charge is 0.295 e. The number of phenolic OH excluding ortho intramolecular Hbond substituents is 1. The highest BCUT2D eigenvalue weighted by molar-refractivity contribution is 6.46. The van der Waals surface area contributed by atoms with E-state index in [1.807, 2.05) is 6.07 Å².